The molecule has 2 aromatic heterocycles. The molecule has 2 aromatic rings. The van der Waals surface area contributed by atoms with Gasteiger partial charge in [-0.25, -0.2) is 9.97 Å². The molecule has 0 amide bonds. The van der Waals surface area contributed by atoms with Gasteiger partial charge in [-0.05, 0) is 39.3 Å². The first-order valence-electron chi connectivity index (χ1n) is 6.20. The number of aromatic nitrogens is 3. The molecule has 17 heavy (non-hydrogen) atoms. The average molecular weight is 230 g/mol. The van der Waals surface area contributed by atoms with Gasteiger partial charge in [0.15, 0.2) is 0 Å². The van der Waals surface area contributed by atoms with E-state index in [4.69, 9.17) is 0 Å². The quantitative estimate of drug-likeness (QED) is 0.878. The summed E-state index contributed by atoms with van der Waals surface area (Å²) in [7, 11) is 1.98. The van der Waals surface area contributed by atoms with Gasteiger partial charge in [-0.1, -0.05) is 0 Å². The third-order valence-corrected chi connectivity index (χ3v) is 3.35. The van der Waals surface area contributed by atoms with Gasteiger partial charge < -0.3 is 9.88 Å². The number of rotatable bonds is 3. The van der Waals surface area contributed by atoms with E-state index in [9.17, 15) is 0 Å². The fourth-order valence-electron chi connectivity index (χ4n) is 2.51. The lowest BCUT2D eigenvalue weighted by Crippen LogP contribution is -2.05. The monoisotopic (exact) mass is 230 g/mol. The average Bonchev–Trinajstić information content (AvgIpc) is 3.03. The van der Waals surface area contributed by atoms with Crippen molar-refractivity contribution in [2.75, 3.05) is 7.05 Å². The van der Waals surface area contributed by atoms with Crippen LogP contribution in [-0.2, 0) is 6.54 Å². The van der Waals surface area contributed by atoms with Gasteiger partial charge in [-0.2, -0.15) is 0 Å². The zero-order valence-electron chi connectivity index (χ0n) is 10.6. The number of hydrogen-bond acceptors (Lipinski definition) is 3. The normalized spacial score (nSPS) is 15.7. The highest BCUT2D eigenvalue weighted by Crippen LogP contribution is 2.38. The second-order valence-corrected chi connectivity index (χ2v) is 4.88. The van der Waals surface area contributed by atoms with Crippen molar-refractivity contribution in [3.8, 4) is 0 Å². The van der Waals surface area contributed by atoms with Crippen LogP contribution in [0.15, 0.2) is 6.20 Å². The minimum atomic E-state index is 0.664. The Bertz CT molecular complexity index is 566. The molecule has 0 aliphatic heterocycles. The predicted molar refractivity (Wildman–Crippen MR) is 68.0 cm³/mol. The summed E-state index contributed by atoms with van der Waals surface area (Å²) in [5.41, 5.74) is 3.52. The summed E-state index contributed by atoms with van der Waals surface area (Å²) in [4.78, 5) is 9.11. The summed E-state index contributed by atoms with van der Waals surface area (Å²) in [5.74, 6) is 0.867. The maximum atomic E-state index is 4.62. The number of fused-ring (bicyclic) bond motifs is 1. The molecule has 1 aliphatic rings. The number of aryl methyl sites for hydroxylation is 2. The SMILES string of the molecule is CNCc1cn(C2CC2)c2nc(C)nc(C)c12. The number of nitrogens with one attached hydrogen (secondary N) is 1. The van der Waals surface area contributed by atoms with E-state index in [1.54, 1.807) is 0 Å². The lowest BCUT2D eigenvalue weighted by molar-refractivity contribution is 0.750. The second kappa shape index (κ2) is 3.81. The van der Waals surface area contributed by atoms with E-state index in [1.807, 2.05) is 14.0 Å². The van der Waals surface area contributed by atoms with Crippen molar-refractivity contribution in [1.82, 2.24) is 19.9 Å². The van der Waals surface area contributed by atoms with Crippen LogP contribution in [-0.4, -0.2) is 21.6 Å². The molecule has 1 aliphatic carbocycles. The molecule has 4 heteroatoms. The first-order valence-corrected chi connectivity index (χ1v) is 6.20. The summed E-state index contributed by atoms with van der Waals surface area (Å²) in [6.45, 7) is 4.92. The Hall–Kier alpha value is -1.42. The van der Waals surface area contributed by atoms with Gasteiger partial charge in [0.1, 0.15) is 11.5 Å². The van der Waals surface area contributed by atoms with Gasteiger partial charge in [0, 0.05) is 24.2 Å². The first-order chi connectivity index (χ1) is 8.20. The van der Waals surface area contributed by atoms with E-state index in [1.165, 1.54) is 23.8 Å². The van der Waals surface area contributed by atoms with Crippen LogP contribution in [0.25, 0.3) is 11.0 Å². The molecule has 90 valence electrons. The largest absolute Gasteiger partial charge is 0.329 e. The molecule has 0 saturated heterocycles. The first kappa shape index (κ1) is 10.7. The van der Waals surface area contributed by atoms with Crippen molar-refractivity contribution >= 4 is 11.0 Å². The summed E-state index contributed by atoms with van der Waals surface area (Å²) in [6.07, 6.45) is 4.82. The van der Waals surface area contributed by atoms with Crippen molar-refractivity contribution < 1.29 is 0 Å². The zero-order chi connectivity index (χ0) is 12.0. The highest BCUT2D eigenvalue weighted by atomic mass is 15.1. The van der Waals surface area contributed by atoms with Crippen molar-refractivity contribution in [1.29, 1.82) is 0 Å². The fraction of sp³-hybridized carbons (Fsp3) is 0.538. The maximum absolute atomic E-state index is 4.62. The molecule has 0 aromatic carbocycles. The van der Waals surface area contributed by atoms with Crippen molar-refractivity contribution in [3.05, 3.63) is 23.3 Å². The van der Waals surface area contributed by atoms with Gasteiger partial charge in [0.2, 0.25) is 0 Å². The third kappa shape index (κ3) is 1.72. The minimum absolute atomic E-state index is 0.664. The molecule has 0 spiro atoms. The number of nitrogens with zero attached hydrogens (tertiary/aromatic N) is 3. The van der Waals surface area contributed by atoms with E-state index in [-0.39, 0.29) is 0 Å². The maximum Gasteiger partial charge on any atom is 0.144 e. The lowest BCUT2D eigenvalue weighted by Gasteiger charge is -2.03. The van der Waals surface area contributed by atoms with Crippen LogP contribution in [0.1, 0.15) is 36.0 Å². The van der Waals surface area contributed by atoms with Crippen molar-refractivity contribution in [2.45, 2.75) is 39.3 Å². The molecule has 2 heterocycles. The van der Waals surface area contributed by atoms with Crippen LogP contribution in [0.2, 0.25) is 0 Å². The Morgan fingerprint density at radius 1 is 1.35 bits per heavy atom. The van der Waals surface area contributed by atoms with Crippen LogP contribution >= 0.6 is 0 Å². The molecule has 0 atom stereocenters. The topological polar surface area (TPSA) is 42.7 Å². The van der Waals surface area contributed by atoms with Gasteiger partial charge >= 0.3 is 0 Å². The van der Waals surface area contributed by atoms with E-state index in [2.05, 4.69) is 33.0 Å². The smallest absolute Gasteiger partial charge is 0.144 e. The van der Waals surface area contributed by atoms with Crippen LogP contribution < -0.4 is 5.32 Å². The van der Waals surface area contributed by atoms with Crippen LogP contribution in [0.4, 0.5) is 0 Å². The second-order valence-electron chi connectivity index (χ2n) is 4.88. The zero-order valence-corrected chi connectivity index (χ0v) is 10.6. The molecule has 1 fully saturated rings. The molecule has 4 nitrogen and oxygen atoms in total. The standard InChI is InChI=1S/C13H18N4/c1-8-12-10(6-14-3)7-17(11-4-5-11)13(12)16-9(2)15-8/h7,11,14H,4-6H2,1-3H3. The Morgan fingerprint density at radius 2 is 2.12 bits per heavy atom. The summed E-state index contributed by atoms with van der Waals surface area (Å²) >= 11 is 0. The molecule has 3 rings (SSSR count). The highest BCUT2D eigenvalue weighted by Gasteiger charge is 2.27. The van der Waals surface area contributed by atoms with E-state index >= 15 is 0 Å². The Balaban J connectivity index is 2.27. The molecular formula is C13H18N4. The molecule has 0 radical (unpaired) electrons. The van der Waals surface area contributed by atoms with Gasteiger partial charge in [-0.15, -0.1) is 0 Å². The van der Waals surface area contributed by atoms with Crippen molar-refractivity contribution in [3.63, 3.8) is 0 Å². The third-order valence-electron chi connectivity index (χ3n) is 3.35. The van der Waals surface area contributed by atoms with E-state index in [0.717, 1.165) is 23.7 Å². The molecule has 1 N–H and O–H groups in total. The van der Waals surface area contributed by atoms with Gasteiger partial charge in [-0.3, -0.25) is 0 Å². The molecule has 0 bridgehead atoms. The molecular weight excluding hydrogens is 212 g/mol. The van der Waals surface area contributed by atoms with Gasteiger partial charge in [0.05, 0.1) is 5.69 Å². The van der Waals surface area contributed by atoms with E-state index < -0.39 is 0 Å². The summed E-state index contributed by atoms with van der Waals surface area (Å²) in [5, 5.41) is 4.45. The predicted octanol–water partition coefficient (Wildman–Crippen LogP) is 2.10. The fourth-order valence-corrected chi connectivity index (χ4v) is 2.51. The van der Waals surface area contributed by atoms with Gasteiger partial charge in [0.25, 0.3) is 0 Å². The summed E-state index contributed by atoms with van der Waals surface area (Å²) in [6, 6.07) is 0.664. The minimum Gasteiger partial charge on any atom is -0.329 e. The lowest BCUT2D eigenvalue weighted by atomic mass is 10.2. The van der Waals surface area contributed by atoms with Crippen LogP contribution in [0.5, 0.6) is 0 Å². The number of hydrogen-bond donors (Lipinski definition) is 1. The van der Waals surface area contributed by atoms with E-state index in [0.29, 0.717) is 6.04 Å². The van der Waals surface area contributed by atoms with Crippen LogP contribution in [0, 0.1) is 13.8 Å². The Morgan fingerprint density at radius 3 is 2.76 bits per heavy atom. The van der Waals surface area contributed by atoms with Crippen LogP contribution in [0.3, 0.4) is 0 Å². The summed E-state index contributed by atoms with van der Waals surface area (Å²) < 4.78 is 2.34. The molecule has 0 unspecified atom stereocenters. The van der Waals surface area contributed by atoms with Crippen molar-refractivity contribution in [2.24, 2.45) is 0 Å². The molecule has 1 saturated carbocycles. The Kier molecular flexibility index (Phi) is 2.40. The highest BCUT2D eigenvalue weighted by molar-refractivity contribution is 5.83. The Labute approximate surface area is 101 Å².